The standard InChI is InChI=1S/C22H28FN5O/c1-26-10-12-27(13-11-26)21-7-2-17(14-25-21)16-28(20-5-3-19(23)4-6-20)22(29)18-8-9-24-15-18/h2-7,14,18,24H,8-13,15-16H2,1H3. The third kappa shape index (κ3) is 4.74. The van der Waals surface area contributed by atoms with Crippen LogP contribution >= 0.6 is 0 Å². The number of hydrogen-bond donors (Lipinski definition) is 1. The topological polar surface area (TPSA) is 51.7 Å². The lowest BCUT2D eigenvalue weighted by Gasteiger charge is -2.33. The Hall–Kier alpha value is -2.51. The van der Waals surface area contributed by atoms with Crippen LogP contribution in [0.2, 0.25) is 0 Å². The van der Waals surface area contributed by atoms with Gasteiger partial charge in [-0.15, -0.1) is 0 Å². The van der Waals surface area contributed by atoms with Gasteiger partial charge in [0.2, 0.25) is 5.91 Å². The number of carbonyl (C=O) groups is 1. The molecule has 0 spiro atoms. The van der Waals surface area contributed by atoms with Gasteiger partial charge < -0.3 is 20.0 Å². The highest BCUT2D eigenvalue weighted by molar-refractivity contribution is 5.95. The lowest BCUT2D eigenvalue weighted by atomic mass is 10.1. The first-order valence-corrected chi connectivity index (χ1v) is 10.3. The van der Waals surface area contributed by atoms with Gasteiger partial charge in [0.25, 0.3) is 0 Å². The number of likely N-dealkylation sites (N-methyl/N-ethyl adjacent to an activating group) is 1. The minimum atomic E-state index is -0.304. The summed E-state index contributed by atoms with van der Waals surface area (Å²) in [5.41, 5.74) is 1.68. The number of pyridine rings is 1. The Morgan fingerprint density at radius 3 is 2.55 bits per heavy atom. The molecule has 6 nitrogen and oxygen atoms in total. The van der Waals surface area contributed by atoms with Crippen LogP contribution in [0.25, 0.3) is 0 Å². The number of hydrogen-bond acceptors (Lipinski definition) is 5. The van der Waals surface area contributed by atoms with E-state index in [4.69, 9.17) is 0 Å². The molecule has 0 radical (unpaired) electrons. The van der Waals surface area contributed by atoms with Crippen LogP contribution in [-0.4, -0.2) is 62.1 Å². The van der Waals surface area contributed by atoms with Crippen LogP contribution in [0.5, 0.6) is 0 Å². The van der Waals surface area contributed by atoms with E-state index >= 15 is 0 Å². The first kappa shape index (κ1) is 19.8. The third-order valence-electron chi connectivity index (χ3n) is 5.79. The molecule has 2 saturated heterocycles. The first-order valence-electron chi connectivity index (χ1n) is 10.3. The summed E-state index contributed by atoms with van der Waals surface area (Å²) in [6.07, 6.45) is 2.68. The van der Waals surface area contributed by atoms with Gasteiger partial charge in [-0.1, -0.05) is 6.07 Å². The van der Waals surface area contributed by atoms with Crippen molar-refractivity contribution < 1.29 is 9.18 Å². The van der Waals surface area contributed by atoms with Crippen molar-refractivity contribution in [1.82, 2.24) is 15.2 Å². The largest absolute Gasteiger partial charge is 0.354 e. The van der Waals surface area contributed by atoms with Gasteiger partial charge in [-0.25, -0.2) is 9.37 Å². The number of halogens is 1. The molecule has 4 rings (SSSR count). The number of anilines is 2. The zero-order chi connectivity index (χ0) is 20.2. The van der Waals surface area contributed by atoms with Crippen molar-refractivity contribution in [3.8, 4) is 0 Å². The van der Waals surface area contributed by atoms with Crippen molar-refractivity contribution in [1.29, 1.82) is 0 Å². The predicted octanol–water partition coefficient (Wildman–Crippen LogP) is 2.12. The van der Waals surface area contributed by atoms with Gasteiger partial charge in [-0.2, -0.15) is 0 Å². The number of nitrogens with zero attached hydrogens (tertiary/aromatic N) is 4. The van der Waals surface area contributed by atoms with Crippen LogP contribution in [0, 0.1) is 11.7 Å². The molecule has 1 unspecified atom stereocenters. The summed E-state index contributed by atoms with van der Waals surface area (Å²) in [5.74, 6) is 0.700. The predicted molar refractivity (Wildman–Crippen MR) is 113 cm³/mol. The molecule has 29 heavy (non-hydrogen) atoms. The Balaban J connectivity index is 1.50. The molecule has 2 fully saturated rings. The van der Waals surface area contributed by atoms with E-state index in [2.05, 4.69) is 27.1 Å². The van der Waals surface area contributed by atoms with Crippen LogP contribution < -0.4 is 15.1 Å². The summed E-state index contributed by atoms with van der Waals surface area (Å²) < 4.78 is 13.4. The number of piperazine rings is 1. The van der Waals surface area contributed by atoms with Crippen molar-refractivity contribution in [2.75, 3.05) is 56.1 Å². The Morgan fingerprint density at radius 2 is 1.93 bits per heavy atom. The smallest absolute Gasteiger partial charge is 0.231 e. The number of rotatable bonds is 5. The van der Waals surface area contributed by atoms with Crippen molar-refractivity contribution >= 4 is 17.4 Å². The maximum absolute atomic E-state index is 13.4. The summed E-state index contributed by atoms with van der Waals surface area (Å²) in [7, 11) is 2.13. The third-order valence-corrected chi connectivity index (χ3v) is 5.79. The van der Waals surface area contributed by atoms with E-state index in [0.717, 1.165) is 50.5 Å². The molecule has 2 aliphatic rings. The molecule has 1 atom stereocenters. The lowest BCUT2D eigenvalue weighted by Crippen LogP contribution is -2.44. The van der Waals surface area contributed by atoms with E-state index in [1.165, 1.54) is 12.1 Å². The quantitative estimate of drug-likeness (QED) is 0.838. The van der Waals surface area contributed by atoms with Crippen molar-refractivity contribution in [2.24, 2.45) is 5.92 Å². The maximum atomic E-state index is 13.4. The molecule has 1 N–H and O–H groups in total. The molecular formula is C22H28FN5O. The summed E-state index contributed by atoms with van der Waals surface area (Å²) in [6.45, 7) is 5.98. The van der Waals surface area contributed by atoms with Crippen molar-refractivity contribution in [3.63, 3.8) is 0 Å². The van der Waals surface area contributed by atoms with Crippen LogP contribution in [0.1, 0.15) is 12.0 Å². The average Bonchev–Trinajstić information content (AvgIpc) is 3.28. The molecular weight excluding hydrogens is 369 g/mol. The molecule has 1 aromatic carbocycles. The van der Waals surface area contributed by atoms with Gasteiger partial charge >= 0.3 is 0 Å². The molecule has 1 aromatic heterocycles. The lowest BCUT2D eigenvalue weighted by molar-refractivity contribution is -0.122. The van der Waals surface area contributed by atoms with Gasteiger partial charge in [-0.05, 0) is 55.9 Å². The summed E-state index contributed by atoms with van der Waals surface area (Å²) >= 11 is 0. The monoisotopic (exact) mass is 397 g/mol. The van der Waals surface area contributed by atoms with E-state index in [-0.39, 0.29) is 17.6 Å². The number of carbonyl (C=O) groups excluding carboxylic acids is 1. The Labute approximate surface area is 171 Å². The minimum Gasteiger partial charge on any atom is -0.354 e. The summed E-state index contributed by atoms with van der Waals surface area (Å²) in [6, 6.07) is 10.2. The Bertz CT molecular complexity index is 812. The second-order valence-electron chi connectivity index (χ2n) is 7.91. The minimum absolute atomic E-state index is 0.0439. The van der Waals surface area contributed by atoms with Gasteiger partial charge in [0, 0.05) is 44.6 Å². The molecule has 0 aliphatic carbocycles. The van der Waals surface area contributed by atoms with E-state index in [1.54, 1.807) is 17.0 Å². The Morgan fingerprint density at radius 1 is 1.17 bits per heavy atom. The van der Waals surface area contributed by atoms with E-state index in [9.17, 15) is 9.18 Å². The van der Waals surface area contributed by atoms with Gasteiger partial charge in [0.05, 0.1) is 12.5 Å². The van der Waals surface area contributed by atoms with Crippen LogP contribution in [0.15, 0.2) is 42.6 Å². The fraction of sp³-hybridized carbons (Fsp3) is 0.455. The molecule has 0 bridgehead atoms. The molecule has 2 aliphatic heterocycles. The molecule has 154 valence electrons. The first-order chi connectivity index (χ1) is 14.1. The molecule has 1 amide bonds. The highest BCUT2D eigenvalue weighted by atomic mass is 19.1. The van der Waals surface area contributed by atoms with Gasteiger partial charge in [0.15, 0.2) is 0 Å². The summed E-state index contributed by atoms with van der Waals surface area (Å²) in [5, 5.41) is 3.25. The van der Waals surface area contributed by atoms with E-state index in [0.29, 0.717) is 18.8 Å². The normalized spacial score (nSPS) is 20.1. The zero-order valence-corrected chi connectivity index (χ0v) is 16.9. The van der Waals surface area contributed by atoms with Crippen LogP contribution in [-0.2, 0) is 11.3 Å². The van der Waals surface area contributed by atoms with Crippen LogP contribution in [0.4, 0.5) is 15.9 Å². The molecule has 7 heteroatoms. The maximum Gasteiger partial charge on any atom is 0.231 e. The highest BCUT2D eigenvalue weighted by Gasteiger charge is 2.28. The number of benzene rings is 1. The fourth-order valence-electron chi connectivity index (χ4n) is 3.92. The van der Waals surface area contributed by atoms with E-state index < -0.39 is 0 Å². The molecule has 3 heterocycles. The van der Waals surface area contributed by atoms with Crippen molar-refractivity contribution in [2.45, 2.75) is 13.0 Å². The fourth-order valence-corrected chi connectivity index (χ4v) is 3.92. The Kier molecular flexibility index (Phi) is 6.06. The number of nitrogens with one attached hydrogen (secondary N) is 1. The second kappa shape index (κ2) is 8.88. The van der Waals surface area contributed by atoms with Gasteiger partial charge in [0.1, 0.15) is 11.6 Å². The number of aromatic nitrogens is 1. The molecule has 2 aromatic rings. The zero-order valence-electron chi connectivity index (χ0n) is 16.9. The highest BCUT2D eigenvalue weighted by Crippen LogP contribution is 2.23. The summed E-state index contributed by atoms with van der Waals surface area (Å²) in [4.78, 5) is 24.1. The second-order valence-corrected chi connectivity index (χ2v) is 7.91. The van der Waals surface area contributed by atoms with E-state index in [1.807, 2.05) is 18.3 Å². The molecule has 0 saturated carbocycles. The van der Waals surface area contributed by atoms with Crippen LogP contribution in [0.3, 0.4) is 0 Å². The number of amides is 1. The SMILES string of the molecule is CN1CCN(c2ccc(CN(C(=O)C3CCNC3)c3ccc(F)cc3)cn2)CC1. The average molecular weight is 397 g/mol. The van der Waals surface area contributed by atoms with Crippen molar-refractivity contribution in [3.05, 3.63) is 54.0 Å². The van der Waals surface area contributed by atoms with Gasteiger partial charge in [-0.3, -0.25) is 4.79 Å².